The van der Waals surface area contributed by atoms with Crippen molar-refractivity contribution in [3.63, 3.8) is 0 Å². The van der Waals surface area contributed by atoms with Crippen LogP contribution in [0.25, 0.3) is 0 Å². The first-order valence-corrected chi connectivity index (χ1v) is 7.47. The van der Waals surface area contributed by atoms with Crippen LogP contribution in [0.15, 0.2) is 29.2 Å². The van der Waals surface area contributed by atoms with Crippen LogP contribution in [-0.4, -0.2) is 34.1 Å². The van der Waals surface area contributed by atoms with Crippen molar-refractivity contribution >= 4 is 21.7 Å². The van der Waals surface area contributed by atoms with Gasteiger partial charge in [0.15, 0.2) is 0 Å². The molecule has 0 fully saturated rings. The zero-order valence-corrected chi connectivity index (χ0v) is 11.8. The Morgan fingerprint density at radius 2 is 1.95 bits per heavy atom. The maximum Gasteiger partial charge on any atom is 0.325 e. The van der Waals surface area contributed by atoms with Crippen molar-refractivity contribution in [3.8, 4) is 0 Å². The van der Waals surface area contributed by atoms with Crippen molar-refractivity contribution in [1.29, 1.82) is 0 Å². The summed E-state index contributed by atoms with van der Waals surface area (Å²) in [7, 11) is -3.57. The van der Waals surface area contributed by atoms with Crippen LogP contribution in [0.3, 0.4) is 0 Å². The van der Waals surface area contributed by atoms with E-state index < -0.39 is 16.0 Å². The van der Waals surface area contributed by atoms with Crippen LogP contribution in [0, 0.1) is 0 Å². The third-order valence-corrected chi connectivity index (χ3v) is 3.84. The molecule has 0 amide bonds. The number of carbonyl (C=O) groups is 1. The third kappa shape index (κ3) is 4.53. The van der Waals surface area contributed by atoms with Crippen molar-refractivity contribution in [2.75, 3.05) is 25.0 Å². The van der Waals surface area contributed by atoms with E-state index in [1.54, 1.807) is 32.0 Å². The molecule has 1 rings (SSSR count). The van der Waals surface area contributed by atoms with E-state index in [-0.39, 0.29) is 18.0 Å². The average molecular weight is 286 g/mol. The molecule has 0 unspecified atom stereocenters. The molecule has 0 saturated heterocycles. The fraction of sp³-hybridized carbons (Fsp3) is 0.417. The highest BCUT2D eigenvalue weighted by molar-refractivity contribution is 7.89. The molecule has 0 bridgehead atoms. The van der Waals surface area contributed by atoms with Gasteiger partial charge in [0, 0.05) is 6.54 Å². The number of carbonyl (C=O) groups excluding carboxylic acids is 1. The Hall–Kier alpha value is -1.60. The summed E-state index contributed by atoms with van der Waals surface area (Å²) in [6.45, 7) is 3.92. The van der Waals surface area contributed by atoms with Gasteiger partial charge in [-0.2, -0.15) is 0 Å². The summed E-state index contributed by atoms with van der Waals surface area (Å²) in [6, 6.07) is 6.40. The number of para-hydroxylation sites is 1. The van der Waals surface area contributed by atoms with Gasteiger partial charge >= 0.3 is 5.97 Å². The van der Waals surface area contributed by atoms with E-state index in [9.17, 15) is 13.2 Å². The van der Waals surface area contributed by atoms with Crippen LogP contribution < -0.4 is 10.0 Å². The molecule has 1 aromatic carbocycles. The second kappa shape index (κ2) is 7.10. The van der Waals surface area contributed by atoms with E-state index in [2.05, 4.69) is 10.0 Å². The molecular formula is C12H18N2O4S. The fourth-order valence-electron chi connectivity index (χ4n) is 1.49. The molecule has 106 valence electrons. The number of rotatable bonds is 7. The maximum absolute atomic E-state index is 12.0. The first-order chi connectivity index (χ1) is 9.01. The monoisotopic (exact) mass is 286 g/mol. The molecule has 0 spiro atoms. The Labute approximate surface area is 113 Å². The summed E-state index contributed by atoms with van der Waals surface area (Å²) in [6.07, 6.45) is 0. The fourth-order valence-corrected chi connectivity index (χ4v) is 2.72. The number of ether oxygens (including phenoxy) is 1. The Bertz CT molecular complexity index is 528. The highest BCUT2D eigenvalue weighted by Crippen LogP contribution is 2.20. The van der Waals surface area contributed by atoms with Gasteiger partial charge in [0.05, 0.1) is 12.3 Å². The van der Waals surface area contributed by atoms with E-state index in [1.165, 1.54) is 6.07 Å². The minimum atomic E-state index is -3.57. The summed E-state index contributed by atoms with van der Waals surface area (Å²) < 4.78 is 31.1. The quantitative estimate of drug-likeness (QED) is 0.729. The maximum atomic E-state index is 12.0. The predicted octanol–water partition coefficient (Wildman–Crippen LogP) is 0.960. The van der Waals surface area contributed by atoms with Gasteiger partial charge in [0.2, 0.25) is 10.0 Å². The number of anilines is 1. The zero-order chi connectivity index (χ0) is 14.3. The lowest BCUT2D eigenvalue weighted by atomic mass is 10.3. The first kappa shape index (κ1) is 15.5. The largest absolute Gasteiger partial charge is 0.465 e. The molecule has 0 aliphatic carbocycles. The van der Waals surface area contributed by atoms with Crippen LogP contribution >= 0.6 is 0 Å². The number of sulfonamides is 1. The molecule has 7 heteroatoms. The predicted molar refractivity (Wildman–Crippen MR) is 72.4 cm³/mol. The highest BCUT2D eigenvalue weighted by Gasteiger charge is 2.17. The van der Waals surface area contributed by atoms with Crippen molar-refractivity contribution in [1.82, 2.24) is 4.72 Å². The first-order valence-electron chi connectivity index (χ1n) is 5.99. The summed E-state index contributed by atoms with van der Waals surface area (Å²) in [4.78, 5) is 11.4. The minimum absolute atomic E-state index is 0.0769. The second-order valence-electron chi connectivity index (χ2n) is 3.66. The Kier molecular flexibility index (Phi) is 5.78. The Morgan fingerprint density at radius 3 is 2.58 bits per heavy atom. The lowest BCUT2D eigenvalue weighted by Crippen LogP contribution is -2.25. The van der Waals surface area contributed by atoms with Gasteiger partial charge in [-0.3, -0.25) is 4.79 Å². The molecule has 0 heterocycles. The van der Waals surface area contributed by atoms with Gasteiger partial charge in [-0.05, 0) is 19.1 Å². The van der Waals surface area contributed by atoms with Crippen LogP contribution in [0.5, 0.6) is 0 Å². The number of nitrogens with one attached hydrogen (secondary N) is 2. The van der Waals surface area contributed by atoms with Gasteiger partial charge in [-0.25, -0.2) is 13.1 Å². The number of hydrogen-bond acceptors (Lipinski definition) is 5. The van der Waals surface area contributed by atoms with E-state index in [1.807, 2.05) is 0 Å². The standard InChI is InChI=1S/C12H18N2O4S/c1-3-14-19(16,17)11-8-6-5-7-10(11)13-9-12(15)18-4-2/h5-8,13-14H,3-4,9H2,1-2H3. The number of benzene rings is 1. The third-order valence-electron chi connectivity index (χ3n) is 2.24. The van der Waals surface area contributed by atoms with E-state index >= 15 is 0 Å². The SMILES string of the molecule is CCNS(=O)(=O)c1ccccc1NCC(=O)OCC. The van der Waals surface area contributed by atoms with E-state index in [0.29, 0.717) is 12.2 Å². The summed E-state index contributed by atoms with van der Waals surface area (Å²) in [5.41, 5.74) is 0.372. The second-order valence-corrected chi connectivity index (χ2v) is 5.39. The topological polar surface area (TPSA) is 84.5 Å². The molecule has 0 atom stereocenters. The lowest BCUT2D eigenvalue weighted by molar-refractivity contribution is -0.140. The summed E-state index contributed by atoms with van der Waals surface area (Å²) in [5, 5.41) is 2.77. The van der Waals surface area contributed by atoms with Crippen LogP contribution in [0.1, 0.15) is 13.8 Å². The molecule has 0 aliphatic heterocycles. The van der Waals surface area contributed by atoms with Crippen molar-refractivity contribution in [2.24, 2.45) is 0 Å². The molecule has 6 nitrogen and oxygen atoms in total. The molecule has 0 radical (unpaired) electrons. The van der Waals surface area contributed by atoms with Crippen LogP contribution in [0.4, 0.5) is 5.69 Å². The number of esters is 1. The summed E-state index contributed by atoms with van der Waals surface area (Å²) in [5.74, 6) is -0.432. The molecule has 19 heavy (non-hydrogen) atoms. The molecule has 1 aromatic rings. The van der Waals surface area contributed by atoms with Crippen molar-refractivity contribution < 1.29 is 17.9 Å². The molecule has 2 N–H and O–H groups in total. The van der Waals surface area contributed by atoms with Gasteiger partial charge in [0.25, 0.3) is 0 Å². The smallest absolute Gasteiger partial charge is 0.325 e. The van der Waals surface area contributed by atoms with E-state index in [0.717, 1.165) is 0 Å². The van der Waals surface area contributed by atoms with Crippen molar-refractivity contribution in [3.05, 3.63) is 24.3 Å². The van der Waals surface area contributed by atoms with Gasteiger partial charge in [-0.1, -0.05) is 19.1 Å². The van der Waals surface area contributed by atoms with Gasteiger partial charge in [-0.15, -0.1) is 0 Å². The highest BCUT2D eigenvalue weighted by atomic mass is 32.2. The van der Waals surface area contributed by atoms with Gasteiger partial charge < -0.3 is 10.1 Å². The average Bonchev–Trinajstić information content (AvgIpc) is 2.37. The van der Waals surface area contributed by atoms with E-state index in [4.69, 9.17) is 4.74 Å². The van der Waals surface area contributed by atoms with Crippen LogP contribution in [-0.2, 0) is 19.6 Å². The molecule has 0 saturated carbocycles. The molecular weight excluding hydrogens is 268 g/mol. The molecule has 0 aliphatic rings. The normalized spacial score (nSPS) is 11.1. The van der Waals surface area contributed by atoms with Crippen molar-refractivity contribution in [2.45, 2.75) is 18.7 Å². The lowest BCUT2D eigenvalue weighted by Gasteiger charge is -2.12. The Morgan fingerprint density at radius 1 is 1.26 bits per heavy atom. The van der Waals surface area contributed by atoms with Crippen LogP contribution in [0.2, 0.25) is 0 Å². The number of hydrogen-bond donors (Lipinski definition) is 2. The Balaban J connectivity index is 2.88. The zero-order valence-electron chi connectivity index (χ0n) is 11.0. The minimum Gasteiger partial charge on any atom is -0.465 e. The summed E-state index contributed by atoms with van der Waals surface area (Å²) >= 11 is 0. The van der Waals surface area contributed by atoms with Gasteiger partial charge in [0.1, 0.15) is 11.4 Å². The molecule has 0 aromatic heterocycles.